The van der Waals surface area contributed by atoms with Gasteiger partial charge in [0.1, 0.15) is 6.61 Å². The maximum atomic E-state index is 13.2. The van der Waals surface area contributed by atoms with E-state index >= 15 is 0 Å². The van der Waals surface area contributed by atoms with Crippen LogP contribution in [0.3, 0.4) is 0 Å². The number of ether oxygens (including phenoxy) is 1. The highest BCUT2D eigenvalue weighted by atomic mass is 79.9. The first kappa shape index (κ1) is 12.9. The standard InChI is InChI=1S/C9H9BrFNO4/c10-4-7(13)5-16-9-2-1-6(12(14)15)3-8(9)11/h1-3,7,13H,4-5H2. The molecular formula is C9H9BrFNO4. The third kappa shape index (κ3) is 3.42. The van der Waals surface area contributed by atoms with Crippen LogP contribution in [0.25, 0.3) is 0 Å². The predicted octanol–water partition coefficient (Wildman–Crippen LogP) is 1.87. The number of nitrogens with zero attached hydrogens (tertiary/aromatic N) is 1. The van der Waals surface area contributed by atoms with E-state index in [1.165, 1.54) is 0 Å². The van der Waals surface area contributed by atoms with Crippen molar-refractivity contribution in [1.82, 2.24) is 0 Å². The van der Waals surface area contributed by atoms with Crippen molar-refractivity contribution in [1.29, 1.82) is 0 Å². The van der Waals surface area contributed by atoms with Crippen LogP contribution in [0.1, 0.15) is 0 Å². The van der Waals surface area contributed by atoms with Crippen molar-refractivity contribution in [3.63, 3.8) is 0 Å². The van der Waals surface area contributed by atoms with Gasteiger partial charge in [0.05, 0.1) is 17.1 Å². The highest BCUT2D eigenvalue weighted by Gasteiger charge is 2.12. The molecule has 5 nitrogen and oxygen atoms in total. The summed E-state index contributed by atoms with van der Waals surface area (Å²) in [5.41, 5.74) is -0.342. The van der Waals surface area contributed by atoms with Gasteiger partial charge in [-0.15, -0.1) is 0 Å². The smallest absolute Gasteiger partial charge is 0.272 e. The summed E-state index contributed by atoms with van der Waals surface area (Å²) in [6, 6.07) is 3.07. The van der Waals surface area contributed by atoms with Crippen molar-refractivity contribution in [3.8, 4) is 5.75 Å². The minimum atomic E-state index is -0.823. The van der Waals surface area contributed by atoms with Crippen LogP contribution in [0.15, 0.2) is 18.2 Å². The molecule has 1 unspecified atom stereocenters. The molecule has 1 aromatic carbocycles. The van der Waals surface area contributed by atoms with Gasteiger partial charge < -0.3 is 9.84 Å². The van der Waals surface area contributed by atoms with E-state index in [2.05, 4.69) is 15.9 Å². The number of non-ortho nitro benzene ring substituents is 1. The quantitative estimate of drug-likeness (QED) is 0.511. The average molecular weight is 294 g/mol. The SMILES string of the molecule is O=[N+]([O-])c1ccc(OCC(O)CBr)c(F)c1. The van der Waals surface area contributed by atoms with Crippen LogP contribution >= 0.6 is 15.9 Å². The molecular weight excluding hydrogens is 285 g/mol. The highest BCUT2D eigenvalue weighted by molar-refractivity contribution is 9.09. The fourth-order valence-corrected chi connectivity index (χ4v) is 1.14. The number of alkyl halides is 1. The van der Waals surface area contributed by atoms with Gasteiger partial charge in [-0.05, 0) is 6.07 Å². The number of halogens is 2. The second kappa shape index (κ2) is 5.76. The van der Waals surface area contributed by atoms with Gasteiger partial charge >= 0.3 is 0 Å². The van der Waals surface area contributed by atoms with E-state index in [1.807, 2.05) is 0 Å². The van der Waals surface area contributed by atoms with Crippen LogP contribution in [-0.2, 0) is 0 Å². The summed E-state index contributed by atoms with van der Waals surface area (Å²) in [6.07, 6.45) is -0.755. The Labute approximate surface area is 99.1 Å². The maximum Gasteiger partial charge on any atom is 0.272 e. The van der Waals surface area contributed by atoms with E-state index in [1.54, 1.807) is 0 Å². The molecule has 0 heterocycles. The normalized spacial score (nSPS) is 12.2. The van der Waals surface area contributed by atoms with Gasteiger partial charge in [0.15, 0.2) is 11.6 Å². The minimum absolute atomic E-state index is 0.0834. The predicted molar refractivity (Wildman–Crippen MR) is 58.4 cm³/mol. The van der Waals surface area contributed by atoms with Gasteiger partial charge in [0.25, 0.3) is 5.69 Å². The molecule has 1 rings (SSSR count). The Morgan fingerprint density at radius 2 is 2.31 bits per heavy atom. The Morgan fingerprint density at radius 1 is 1.62 bits per heavy atom. The summed E-state index contributed by atoms with van der Waals surface area (Å²) in [4.78, 5) is 9.63. The third-order valence-electron chi connectivity index (χ3n) is 1.74. The number of benzene rings is 1. The van der Waals surface area contributed by atoms with Gasteiger partial charge in [-0.2, -0.15) is 0 Å². The van der Waals surface area contributed by atoms with Crippen LogP contribution in [-0.4, -0.2) is 28.1 Å². The molecule has 0 amide bonds. The molecule has 0 saturated carbocycles. The van der Waals surface area contributed by atoms with Gasteiger partial charge in [0, 0.05) is 11.4 Å². The van der Waals surface area contributed by atoms with E-state index in [0.717, 1.165) is 18.2 Å². The summed E-state index contributed by atoms with van der Waals surface area (Å²) in [5.74, 6) is -0.943. The van der Waals surface area contributed by atoms with Crippen LogP contribution in [0.2, 0.25) is 0 Å². The zero-order chi connectivity index (χ0) is 12.1. The Kier molecular flexibility index (Phi) is 4.63. The number of rotatable bonds is 5. The first-order valence-corrected chi connectivity index (χ1v) is 5.47. The number of nitro benzene ring substituents is 1. The Bertz CT molecular complexity index is 388. The van der Waals surface area contributed by atoms with Crippen LogP contribution in [0.4, 0.5) is 10.1 Å². The molecule has 0 spiro atoms. The molecule has 0 aliphatic rings. The van der Waals surface area contributed by atoms with Gasteiger partial charge in [-0.3, -0.25) is 10.1 Å². The molecule has 0 fully saturated rings. The topological polar surface area (TPSA) is 72.6 Å². The van der Waals surface area contributed by atoms with Crippen molar-refractivity contribution >= 4 is 21.6 Å². The molecule has 7 heteroatoms. The lowest BCUT2D eigenvalue weighted by Crippen LogP contribution is -2.19. The Hall–Kier alpha value is -1.21. The van der Waals surface area contributed by atoms with Crippen molar-refractivity contribution in [3.05, 3.63) is 34.1 Å². The van der Waals surface area contributed by atoms with Gasteiger partial charge in [0.2, 0.25) is 0 Å². The molecule has 16 heavy (non-hydrogen) atoms. The van der Waals surface area contributed by atoms with Crippen LogP contribution < -0.4 is 4.74 Å². The van der Waals surface area contributed by atoms with E-state index < -0.39 is 16.8 Å². The minimum Gasteiger partial charge on any atom is -0.488 e. The summed E-state index contributed by atoms with van der Waals surface area (Å²) in [5, 5.41) is 19.8. The van der Waals surface area contributed by atoms with Crippen molar-refractivity contribution in [2.24, 2.45) is 0 Å². The molecule has 0 bridgehead atoms. The number of aliphatic hydroxyl groups is 1. The summed E-state index contributed by atoms with van der Waals surface area (Å²) < 4.78 is 18.2. The second-order valence-corrected chi connectivity index (χ2v) is 3.64. The summed E-state index contributed by atoms with van der Waals surface area (Å²) in [6.45, 7) is -0.0834. The lowest BCUT2D eigenvalue weighted by atomic mass is 10.3. The number of aliphatic hydroxyl groups excluding tert-OH is 1. The lowest BCUT2D eigenvalue weighted by molar-refractivity contribution is -0.385. The summed E-state index contributed by atoms with van der Waals surface area (Å²) >= 11 is 3.02. The summed E-state index contributed by atoms with van der Waals surface area (Å²) in [7, 11) is 0. The largest absolute Gasteiger partial charge is 0.488 e. The fourth-order valence-electron chi connectivity index (χ4n) is 0.951. The van der Waals surface area contributed by atoms with Crippen molar-refractivity contribution < 1.29 is 19.2 Å². The van der Waals surface area contributed by atoms with Gasteiger partial charge in [-0.1, -0.05) is 15.9 Å². The van der Waals surface area contributed by atoms with Crippen LogP contribution in [0, 0.1) is 15.9 Å². The molecule has 1 aromatic rings. The number of nitro groups is 1. The second-order valence-electron chi connectivity index (χ2n) is 2.99. The molecule has 0 radical (unpaired) electrons. The van der Waals surface area contributed by atoms with E-state index in [4.69, 9.17) is 9.84 Å². The van der Waals surface area contributed by atoms with Crippen molar-refractivity contribution in [2.45, 2.75) is 6.10 Å². The molecule has 1 atom stereocenters. The van der Waals surface area contributed by atoms with Crippen LogP contribution in [0.5, 0.6) is 5.75 Å². The molecule has 0 saturated heterocycles. The molecule has 1 N–H and O–H groups in total. The average Bonchev–Trinajstić information content (AvgIpc) is 2.26. The molecule has 0 aliphatic heterocycles. The lowest BCUT2D eigenvalue weighted by Gasteiger charge is -2.09. The molecule has 0 aromatic heterocycles. The first-order valence-electron chi connectivity index (χ1n) is 4.35. The maximum absolute atomic E-state index is 13.2. The van der Waals surface area contributed by atoms with E-state index in [-0.39, 0.29) is 18.0 Å². The zero-order valence-electron chi connectivity index (χ0n) is 8.10. The fraction of sp³-hybridized carbons (Fsp3) is 0.333. The Morgan fingerprint density at radius 3 is 2.81 bits per heavy atom. The number of hydrogen-bond acceptors (Lipinski definition) is 4. The third-order valence-corrected chi connectivity index (χ3v) is 2.48. The van der Waals surface area contributed by atoms with E-state index in [0.29, 0.717) is 5.33 Å². The van der Waals surface area contributed by atoms with Crippen molar-refractivity contribution in [2.75, 3.05) is 11.9 Å². The zero-order valence-corrected chi connectivity index (χ0v) is 9.68. The monoisotopic (exact) mass is 293 g/mol. The van der Waals surface area contributed by atoms with Gasteiger partial charge in [-0.25, -0.2) is 4.39 Å². The van der Waals surface area contributed by atoms with E-state index in [9.17, 15) is 14.5 Å². The highest BCUT2D eigenvalue weighted by Crippen LogP contribution is 2.22. The Balaban J connectivity index is 2.72. The molecule has 88 valence electrons. The first-order chi connectivity index (χ1) is 7.54. The number of hydrogen-bond donors (Lipinski definition) is 1. The molecule has 0 aliphatic carbocycles.